The van der Waals surface area contributed by atoms with E-state index < -0.39 is 41.4 Å². The summed E-state index contributed by atoms with van der Waals surface area (Å²) in [6, 6.07) is 2.68. The first-order chi connectivity index (χ1) is 11.1. The minimum atomic E-state index is -4.68. The molecule has 2 rings (SSSR count). The predicted molar refractivity (Wildman–Crippen MR) is 78.4 cm³/mol. The van der Waals surface area contributed by atoms with E-state index in [1.807, 2.05) is 0 Å². The van der Waals surface area contributed by atoms with Crippen LogP contribution >= 0.6 is 15.9 Å². The van der Waals surface area contributed by atoms with Crippen LogP contribution in [0.15, 0.2) is 39.7 Å². The number of anilines is 1. The molecule has 0 spiro atoms. The molecule has 1 aromatic carbocycles. The van der Waals surface area contributed by atoms with Gasteiger partial charge >= 0.3 is 6.18 Å². The van der Waals surface area contributed by atoms with Crippen molar-refractivity contribution in [3.8, 4) is 0 Å². The molecule has 10 heteroatoms. The smallest absolute Gasteiger partial charge is 0.321 e. The van der Waals surface area contributed by atoms with E-state index in [0.29, 0.717) is 29.0 Å². The molecule has 2 aromatic rings. The Balaban J connectivity index is 2.24. The SMILES string of the molecule is O=C(Cn1cc(C(F)(F)F)ccc1=O)Nc1c(F)cc(F)cc1Br. The summed E-state index contributed by atoms with van der Waals surface area (Å²) in [4.78, 5) is 23.4. The van der Waals surface area contributed by atoms with E-state index >= 15 is 0 Å². The Morgan fingerprint density at radius 3 is 2.46 bits per heavy atom. The lowest BCUT2D eigenvalue weighted by Crippen LogP contribution is -2.28. The van der Waals surface area contributed by atoms with Gasteiger partial charge in [-0.3, -0.25) is 9.59 Å². The number of nitrogens with one attached hydrogen (secondary N) is 1. The van der Waals surface area contributed by atoms with Gasteiger partial charge < -0.3 is 9.88 Å². The molecular formula is C14H8BrF5N2O2. The van der Waals surface area contributed by atoms with E-state index in [1.165, 1.54) is 0 Å². The third kappa shape index (κ3) is 4.19. The van der Waals surface area contributed by atoms with Gasteiger partial charge in [0.1, 0.15) is 12.4 Å². The molecule has 0 atom stereocenters. The number of carbonyl (C=O) groups excluding carboxylic acids is 1. The van der Waals surface area contributed by atoms with Crippen molar-refractivity contribution in [1.29, 1.82) is 0 Å². The number of hydrogen-bond donors (Lipinski definition) is 1. The van der Waals surface area contributed by atoms with Gasteiger partial charge in [0, 0.05) is 22.8 Å². The second kappa shape index (κ2) is 6.71. The average molecular weight is 411 g/mol. The topological polar surface area (TPSA) is 51.1 Å². The molecule has 0 aliphatic heterocycles. The standard InChI is InChI=1S/C14H8BrF5N2O2/c15-9-3-8(16)4-10(17)13(9)21-11(23)6-22-5-7(14(18,19)20)1-2-12(22)24/h1-5H,6H2,(H,21,23). The second-order valence-corrected chi connectivity index (χ2v) is 5.53. The quantitative estimate of drug-likeness (QED) is 0.786. The zero-order chi connectivity index (χ0) is 18.1. The fourth-order valence-corrected chi connectivity index (χ4v) is 2.33. The maximum atomic E-state index is 13.6. The maximum Gasteiger partial charge on any atom is 0.417 e. The van der Waals surface area contributed by atoms with Gasteiger partial charge in [-0.15, -0.1) is 0 Å². The number of alkyl halides is 3. The van der Waals surface area contributed by atoms with Crippen LogP contribution in [0.3, 0.4) is 0 Å². The van der Waals surface area contributed by atoms with Crippen LogP contribution in [0.25, 0.3) is 0 Å². The minimum Gasteiger partial charge on any atom is -0.321 e. The first-order valence-electron chi connectivity index (χ1n) is 6.30. The monoisotopic (exact) mass is 410 g/mol. The third-order valence-electron chi connectivity index (χ3n) is 2.90. The van der Waals surface area contributed by atoms with E-state index in [1.54, 1.807) is 0 Å². The summed E-state index contributed by atoms with van der Waals surface area (Å²) in [7, 11) is 0. The Morgan fingerprint density at radius 2 is 1.88 bits per heavy atom. The molecule has 0 aliphatic rings. The van der Waals surface area contributed by atoms with Gasteiger partial charge in [0.15, 0.2) is 5.82 Å². The van der Waals surface area contributed by atoms with E-state index in [2.05, 4.69) is 21.2 Å². The van der Waals surface area contributed by atoms with Crippen LogP contribution in [-0.4, -0.2) is 10.5 Å². The minimum absolute atomic E-state index is 0.0928. The molecular weight excluding hydrogens is 403 g/mol. The van der Waals surface area contributed by atoms with Crippen molar-refractivity contribution in [3.63, 3.8) is 0 Å². The highest BCUT2D eigenvalue weighted by atomic mass is 79.9. The molecule has 128 valence electrons. The molecule has 1 heterocycles. The molecule has 0 bridgehead atoms. The van der Waals surface area contributed by atoms with Crippen molar-refractivity contribution in [2.24, 2.45) is 0 Å². The number of pyridine rings is 1. The van der Waals surface area contributed by atoms with Crippen LogP contribution in [0, 0.1) is 11.6 Å². The molecule has 24 heavy (non-hydrogen) atoms. The Kier molecular flexibility index (Phi) is 5.07. The summed E-state index contributed by atoms with van der Waals surface area (Å²) < 4.78 is 64.9. The van der Waals surface area contributed by atoms with Crippen LogP contribution in [0.4, 0.5) is 27.6 Å². The van der Waals surface area contributed by atoms with E-state index in [4.69, 9.17) is 0 Å². The lowest BCUT2D eigenvalue weighted by molar-refractivity contribution is -0.138. The normalized spacial score (nSPS) is 11.4. The molecule has 4 nitrogen and oxygen atoms in total. The molecule has 0 radical (unpaired) electrons. The van der Waals surface area contributed by atoms with Crippen molar-refractivity contribution in [2.45, 2.75) is 12.7 Å². The van der Waals surface area contributed by atoms with Gasteiger partial charge in [-0.05, 0) is 28.1 Å². The molecule has 0 saturated carbocycles. The summed E-state index contributed by atoms with van der Waals surface area (Å²) in [6.07, 6.45) is -4.20. The number of nitrogens with zero attached hydrogens (tertiary/aromatic N) is 1. The highest BCUT2D eigenvalue weighted by Crippen LogP contribution is 2.28. The first kappa shape index (κ1) is 18.1. The molecule has 1 N–H and O–H groups in total. The molecule has 1 aromatic heterocycles. The molecule has 1 amide bonds. The number of carbonyl (C=O) groups is 1. The lowest BCUT2D eigenvalue weighted by Gasteiger charge is -2.12. The fraction of sp³-hybridized carbons (Fsp3) is 0.143. The summed E-state index contributed by atoms with van der Waals surface area (Å²) in [5.74, 6) is -2.92. The first-order valence-corrected chi connectivity index (χ1v) is 7.09. The largest absolute Gasteiger partial charge is 0.417 e. The van der Waals surface area contributed by atoms with Crippen LogP contribution in [0.5, 0.6) is 0 Å². The van der Waals surface area contributed by atoms with Crippen molar-refractivity contribution in [3.05, 3.63) is 62.5 Å². The van der Waals surface area contributed by atoms with Crippen LogP contribution in [-0.2, 0) is 17.5 Å². The van der Waals surface area contributed by atoms with Gasteiger partial charge in [0.2, 0.25) is 5.91 Å². The Bertz CT molecular complexity index is 825. The van der Waals surface area contributed by atoms with Gasteiger partial charge in [0.05, 0.1) is 11.3 Å². The molecule has 0 unspecified atom stereocenters. The van der Waals surface area contributed by atoms with E-state index in [9.17, 15) is 31.5 Å². The number of hydrogen-bond acceptors (Lipinski definition) is 2. The van der Waals surface area contributed by atoms with Crippen LogP contribution in [0.2, 0.25) is 0 Å². The van der Waals surface area contributed by atoms with Crippen molar-refractivity contribution in [1.82, 2.24) is 4.57 Å². The number of benzene rings is 1. The van der Waals surface area contributed by atoms with E-state index in [0.717, 1.165) is 6.07 Å². The van der Waals surface area contributed by atoms with Crippen LogP contribution in [0.1, 0.15) is 5.56 Å². The second-order valence-electron chi connectivity index (χ2n) is 4.67. The maximum absolute atomic E-state index is 13.6. The number of halogens is 6. The zero-order valence-corrected chi connectivity index (χ0v) is 13.2. The Morgan fingerprint density at radius 1 is 1.21 bits per heavy atom. The van der Waals surface area contributed by atoms with Crippen LogP contribution < -0.4 is 10.9 Å². The van der Waals surface area contributed by atoms with Gasteiger partial charge in [0.25, 0.3) is 5.56 Å². The molecule has 0 saturated heterocycles. The Hall–Kier alpha value is -2.23. The van der Waals surface area contributed by atoms with Gasteiger partial charge in [-0.25, -0.2) is 8.78 Å². The predicted octanol–water partition coefficient (Wildman–Crippen LogP) is 3.55. The number of amides is 1. The molecule has 0 fully saturated rings. The lowest BCUT2D eigenvalue weighted by atomic mass is 10.2. The van der Waals surface area contributed by atoms with E-state index in [-0.39, 0.29) is 10.2 Å². The van der Waals surface area contributed by atoms with Crippen molar-refractivity contribution >= 4 is 27.5 Å². The summed E-state index contributed by atoms with van der Waals surface area (Å²) in [6.45, 7) is -0.772. The third-order valence-corrected chi connectivity index (χ3v) is 3.52. The highest BCUT2D eigenvalue weighted by Gasteiger charge is 2.31. The van der Waals surface area contributed by atoms with Crippen molar-refractivity contribution < 1.29 is 26.7 Å². The summed E-state index contributed by atoms with van der Waals surface area (Å²) >= 11 is 2.85. The number of aromatic nitrogens is 1. The van der Waals surface area contributed by atoms with Gasteiger partial charge in [-0.1, -0.05) is 0 Å². The van der Waals surface area contributed by atoms with Crippen molar-refractivity contribution in [2.75, 3.05) is 5.32 Å². The number of rotatable bonds is 3. The summed E-state index contributed by atoms with van der Waals surface area (Å²) in [5.41, 5.74) is -2.33. The van der Waals surface area contributed by atoms with Gasteiger partial charge in [-0.2, -0.15) is 13.2 Å². The molecule has 0 aliphatic carbocycles. The fourth-order valence-electron chi connectivity index (χ4n) is 1.82. The average Bonchev–Trinajstić information content (AvgIpc) is 2.44. The highest BCUT2D eigenvalue weighted by molar-refractivity contribution is 9.10. The summed E-state index contributed by atoms with van der Waals surface area (Å²) in [5, 5.41) is 2.07. The Labute approximate surface area is 140 Å². The zero-order valence-electron chi connectivity index (χ0n) is 11.6.